The lowest BCUT2D eigenvalue weighted by Gasteiger charge is -2.35. The van der Waals surface area contributed by atoms with Gasteiger partial charge in [-0.1, -0.05) is 135 Å². The van der Waals surface area contributed by atoms with E-state index in [0.717, 1.165) is 125 Å². The Morgan fingerprint density at radius 2 is 1.63 bits per heavy atom. The van der Waals surface area contributed by atoms with Gasteiger partial charge in [0.1, 0.15) is 54.1 Å². The number of anilines is 1. The summed E-state index contributed by atoms with van der Waals surface area (Å²) < 4.78 is 41.4. The molecule has 8 heterocycles. The largest absolute Gasteiger partial charge is 0.508 e. The van der Waals surface area contributed by atoms with Crippen molar-refractivity contribution in [1.29, 1.82) is 0 Å². The Morgan fingerprint density at radius 1 is 0.921 bits per heavy atom. The smallest absolute Gasteiger partial charge is 0.409 e. The van der Waals surface area contributed by atoms with Gasteiger partial charge in [-0.2, -0.15) is 9.97 Å². The van der Waals surface area contributed by atoms with Crippen LogP contribution in [0.4, 0.5) is 15.0 Å². The van der Waals surface area contributed by atoms with E-state index in [-0.39, 0.29) is 58.6 Å². The zero-order valence-corrected chi connectivity index (χ0v) is 55.9. The molecular weight excluding hydrogens is 1140 g/mol. The van der Waals surface area contributed by atoms with Crippen molar-refractivity contribution in [3.8, 4) is 28.9 Å². The number of rotatable bonds is 16. The molecule has 18 heteroatoms. The van der Waals surface area contributed by atoms with Crippen LogP contribution in [0, 0.1) is 18.7 Å². The lowest BCUT2D eigenvalue weighted by atomic mass is 9.81. The molecule has 16 nitrogen and oxygen atoms in total. The van der Waals surface area contributed by atoms with Crippen LogP contribution < -0.4 is 14.4 Å². The molecule has 5 fully saturated rings. The number of aryl methyl sites for hydroxylation is 1. The van der Waals surface area contributed by atoms with Crippen molar-refractivity contribution >= 4 is 58.3 Å². The molecule has 11 rings (SSSR count). The summed E-state index contributed by atoms with van der Waals surface area (Å²) in [5.41, 5.74) is 5.02. The highest BCUT2D eigenvalue weighted by molar-refractivity contribution is 8.10. The van der Waals surface area contributed by atoms with E-state index in [1.54, 1.807) is 40.4 Å². The monoisotopic (exact) mass is 1240 g/mol. The van der Waals surface area contributed by atoms with E-state index in [1.807, 2.05) is 44.7 Å². The number of carbonyl (C=O) groups is 3. The number of ether oxygens (including phenoxy) is 3. The van der Waals surface area contributed by atoms with Crippen LogP contribution >= 0.6 is 11.8 Å². The maximum atomic E-state index is 17.1. The predicted molar refractivity (Wildman–Crippen MR) is 359 cm³/mol. The van der Waals surface area contributed by atoms with Gasteiger partial charge >= 0.3 is 12.1 Å². The summed E-state index contributed by atoms with van der Waals surface area (Å²) in [7, 11) is 0. The van der Waals surface area contributed by atoms with Crippen LogP contribution in [0.3, 0.4) is 0 Å². The third-order valence-electron chi connectivity index (χ3n) is 17.8. The van der Waals surface area contributed by atoms with Gasteiger partial charge in [0, 0.05) is 86.3 Å². The number of aromatic hydroxyl groups is 1. The van der Waals surface area contributed by atoms with Crippen molar-refractivity contribution in [3.63, 3.8) is 0 Å². The molecule has 0 bridgehead atoms. The third kappa shape index (κ3) is 18.7. The lowest BCUT2D eigenvalue weighted by Crippen LogP contribution is -2.48. The van der Waals surface area contributed by atoms with Gasteiger partial charge in [-0.25, -0.2) is 9.18 Å². The molecule has 2 aromatic carbocycles. The number of hydrogen-bond acceptors (Lipinski definition) is 15. The molecule has 0 spiro atoms. The number of phenols is 1. The molecule has 0 radical (unpaired) electrons. The Morgan fingerprint density at radius 3 is 2.26 bits per heavy atom. The third-order valence-corrected chi connectivity index (χ3v) is 18.5. The Kier molecular flexibility index (Phi) is 28.5. The number of phenolic OH excluding ortho intramolecular Hbond substituents is 1. The molecule has 6 aliphatic rings. The fraction of sp³-hybridized carbons (Fsp3) is 0.563. The standard InChI is InChI=1S/C48H62FN7O6.C11H12S.C6H11NO.C2H4O.2C2H6/c1-5-32-12-10-13-33-24-35(57)25-37(41(32)33)43-42(49)44-38(27-50-43)45(54-19-8-6-7-9-20-54)52-46(51-44)60-29-48-17-11-21-56(48)34(14-18-48)28-59-47(58)55-22-15-36(16-23-55)61-40-26-39(62-53-40)31(4)30(2)3;1-4-12-10(3)11-7-5-9(2)6-8-11;1-6-3-2-4-7(6)5-8;1-2-3;2*1-2/h10,13,24-27,30-32,34,36,57H,5-9,11-12,14-23,28-29H2,1-4H3;4-8H,1,3H2,2H3;5-6H,2-4H2,1H3;2H,1H3;2*1-2H3/t31?,32?,34-,48+;;6-;;;/m0.1.../s1. The number of nitrogens with zero attached hydrogens (tertiary/aromatic N) is 8. The first-order valence-electron chi connectivity index (χ1n) is 32.8. The van der Waals surface area contributed by atoms with Crippen LogP contribution in [0.5, 0.6) is 17.6 Å². The quantitative estimate of drug-likeness (QED) is 0.0923. The van der Waals surface area contributed by atoms with Crippen LogP contribution in [0.1, 0.15) is 199 Å². The number of pyridine rings is 1. The highest BCUT2D eigenvalue weighted by Crippen LogP contribution is 2.45. The molecule has 89 heavy (non-hydrogen) atoms. The summed E-state index contributed by atoms with van der Waals surface area (Å²) in [6.07, 6.45) is 20.7. The molecule has 1 aliphatic carbocycles. The number of allylic oxidation sites excluding steroid dienone is 1. The van der Waals surface area contributed by atoms with Crippen LogP contribution in [0.25, 0.3) is 33.1 Å². The summed E-state index contributed by atoms with van der Waals surface area (Å²) in [6, 6.07) is 14.3. The topological polar surface area (TPSA) is 177 Å². The van der Waals surface area contributed by atoms with E-state index in [1.165, 1.54) is 30.9 Å². The van der Waals surface area contributed by atoms with Crippen molar-refractivity contribution < 1.29 is 42.6 Å². The average molecular weight is 1250 g/mol. The number of aldehydes is 1. The van der Waals surface area contributed by atoms with E-state index in [9.17, 15) is 14.7 Å². The number of likely N-dealkylation sites (tertiary alicyclic amines) is 2. The lowest BCUT2D eigenvalue weighted by molar-refractivity contribution is -0.118. The van der Waals surface area contributed by atoms with Crippen LogP contribution in [-0.4, -0.2) is 135 Å². The molecule has 5 aromatic rings. The summed E-state index contributed by atoms with van der Waals surface area (Å²) >= 11 is 1.56. The number of carbonyl (C=O) groups excluding carboxylic acids is 3. The number of piperidine rings is 1. The molecule has 2 amide bonds. The van der Waals surface area contributed by atoms with E-state index in [2.05, 4.69) is 100.0 Å². The van der Waals surface area contributed by atoms with Gasteiger partial charge in [-0.3, -0.25) is 14.7 Å². The number of benzene rings is 2. The second-order valence-corrected chi connectivity index (χ2v) is 24.8. The molecule has 1 N–H and O–H groups in total. The number of halogens is 1. The van der Waals surface area contributed by atoms with Crippen molar-refractivity contribution in [1.82, 2.24) is 34.8 Å². The van der Waals surface area contributed by atoms with E-state index >= 15 is 4.39 Å². The highest BCUT2D eigenvalue weighted by atomic mass is 32.2. The predicted octanol–water partition coefficient (Wildman–Crippen LogP) is 16.4. The van der Waals surface area contributed by atoms with Gasteiger partial charge in [0.2, 0.25) is 6.41 Å². The number of aromatic nitrogens is 4. The minimum Gasteiger partial charge on any atom is -0.508 e. The highest BCUT2D eigenvalue weighted by Gasteiger charge is 2.50. The molecule has 0 saturated carbocycles. The molecular formula is C71H101FN8O8S. The van der Waals surface area contributed by atoms with E-state index in [0.29, 0.717) is 73.8 Å². The van der Waals surface area contributed by atoms with Crippen LogP contribution in [0.2, 0.25) is 0 Å². The zero-order chi connectivity index (χ0) is 64.6. The maximum Gasteiger partial charge on any atom is 0.409 e. The fourth-order valence-corrected chi connectivity index (χ4v) is 13.0. The van der Waals surface area contributed by atoms with Crippen molar-refractivity contribution in [2.75, 3.05) is 57.4 Å². The summed E-state index contributed by atoms with van der Waals surface area (Å²) in [5, 5.41) is 17.2. The first kappa shape index (κ1) is 71.3. The summed E-state index contributed by atoms with van der Waals surface area (Å²) in [5.74, 6) is 2.38. The number of thioether (sulfide) groups is 1. The average Bonchev–Trinajstić information content (AvgIpc) is 2.27. The Hall–Kier alpha value is -6.79. The van der Waals surface area contributed by atoms with Gasteiger partial charge in [0.15, 0.2) is 5.82 Å². The zero-order valence-electron chi connectivity index (χ0n) is 55.1. The molecule has 486 valence electrons. The normalized spacial score (nSPS) is 20.6. The Bertz CT molecular complexity index is 3090. The summed E-state index contributed by atoms with van der Waals surface area (Å²) in [4.78, 5) is 56.1. The SMILES string of the molecule is C=CSC(=C)c1ccc(C)cc1.CC.CC.CC=O.CCC1CC=Cc2cc(O)cc(-c3ncc4c(N5CCCCCC5)nc(OC[C@]56CCCN5[C@H](COC(=O)N5CCC(Oc7cc(C(C)C(C)C)on7)CC5)CC6)nc4c3F)c21.C[C@@H]1CCCN1C=O. The summed E-state index contributed by atoms with van der Waals surface area (Å²) in [6.45, 7) is 35.0. The van der Waals surface area contributed by atoms with Crippen molar-refractivity contribution in [3.05, 3.63) is 107 Å². The fourth-order valence-electron chi connectivity index (χ4n) is 12.6. The first-order chi connectivity index (χ1) is 43.1. The number of fused-ring (bicyclic) bond motifs is 3. The van der Waals surface area contributed by atoms with Gasteiger partial charge in [0.25, 0.3) is 5.88 Å². The van der Waals surface area contributed by atoms with E-state index < -0.39 is 5.82 Å². The minimum absolute atomic E-state index is 0.0385. The molecule has 5 atom stereocenters. The Balaban J connectivity index is 0.000000389. The molecule has 5 saturated heterocycles. The van der Waals surface area contributed by atoms with Gasteiger partial charge in [-0.05, 0) is 143 Å². The maximum absolute atomic E-state index is 17.1. The van der Waals surface area contributed by atoms with Crippen LogP contribution in [0.15, 0.2) is 77.8 Å². The van der Waals surface area contributed by atoms with Gasteiger partial charge in [0.05, 0.1) is 10.9 Å². The minimum atomic E-state index is -0.538. The first-order valence-corrected chi connectivity index (χ1v) is 33.7. The van der Waals surface area contributed by atoms with Crippen LogP contribution in [-0.2, 0) is 14.3 Å². The number of hydrogen-bond donors (Lipinski definition) is 1. The molecule has 3 aromatic heterocycles. The number of amides is 2. The van der Waals surface area contributed by atoms with Crippen molar-refractivity contribution in [2.45, 2.75) is 202 Å². The Labute approximate surface area is 534 Å². The van der Waals surface area contributed by atoms with Gasteiger partial charge in [-0.15, -0.1) is 0 Å². The van der Waals surface area contributed by atoms with Crippen molar-refractivity contribution in [2.24, 2.45) is 5.92 Å². The van der Waals surface area contributed by atoms with E-state index in [4.69, 9.17) is 38.5 Å². The second-order valence-electron chi connectivity index (χ2n) is 23.8. The molecule has 5 aliphatic heterocycles. The second kappa shape index (κ2) is 35.6. The molecule has 2 unspecified atom stereocenters. The van der Waals surface area contributed by atoms with Gasteiger partial charge < -0.3 is 43.3 Å².